The maximum Gasteiger partial charge on any atom is 0.0278 e. The predicted molar refractivity (Wildman–Crippen MR) is 75.1 cm³/mol. The summed E-state index contributed by atoms with van der Waals surface area (Å²) in [5.41, 5.74) is 0.391. The van der Waals surface area contributed by atoms with E-state index in [0.717, 1.165) is 12.0 Å². The Morgan fingerprint density at radius 2 is 2.00 bits per heavy atom. The van der Waals surface area contributed by atoms with E-state index >= 15 is 0 Å². The van der Waals surface area contributed by atoms with Crippen LogP contribution in [0.5, 0.6) is 0 Å². The van der Waals surface area contributed by atoms with Crippen LogP contribution in [0.3, 0.4) is 0 Å². The van der Waals surface area contributed by atoms with Crippen molar-refractivity contribution in [2.45, 2.75) is 65.3 Å². The average Bonchev–Trinajstić information content (AvgIpc) is 2.94. The lowest BCUT2D eigenvalue weighted by molar-refractivity contribution is 0.276. The minimum Gasteiger partial charge on any atom is -0.297 e. The van der Waals surface area contributed by atoms with Crippen LogP contribution >= 0.6 is 0 Å². The lowest BCUT2D eigenvalue weighted by Crippen LogP contribution is -2.30. The first kappa shape index (κ1) is 13.1. The van der Waals surface area contributed by atoms with E-state index in [1.807, 2.05) is 0 Å². The first-order valence-electron chi connectivity index (χ1n) is 7.54. The number of likely N-dealkylation sites (tertiary alicyclic amines) is 1. The summed E-state index contributed by atoms with van der Waals surface area (Å²) in [6, 6.07) is 0.742. The van der Waals surface area contributed by atoms with E-state index in [4.69, 9.17) is 0 Å². The third kappa shape index (κ3) is 4.13. The van der Waals surface area contributed by atoms with Crippen LogP contribution < -0.4 is 0 Å². The van der Waals surface area contributed by atoms with E-state index in [0.29, 0.717) is 5.41 Å². The Bertz CT molecular complexity index is 263. The second-order valence-electron chi connectivity index (χ2n) is 6.75. The van der Waals surface area contributed by atoms with E-state index in [2.05, 4.69) is 37.8 Å². The number of nitrogens with zero attached hydrogens (tertiary/aromatic N) is 1. The van der Waals surface area contributed by atoms with Gasteiger partial charge in [-0.05, 0) is 50.0 Å². The molecule has 1 saturated heterocycles. The quantitative estimate of drug-likeness (QED) is 0.622. The van der Waals surface area contributed by atoms with Crippen LogP contribution in [0.4, 0.5) is 0 Å². The van der Waals surface area contributed by atoms with Crippen molar-refractivity contribution in [2.75, 3.05) is 13.1 Å². The summed E-state index contributed by atoms with van der Waals surface area (Å²) in [7, 11) is 0. The molecule has 2 rings (SSSR count). The van der Waals surface area contributed by atoms with E-state index in [1.54, 1.807) is 0 Å². The van der Waals surface area contributed by atoms with Crippen molar-refractivity contribution in [1.82, 2.24) is 4.90 Å². The highest BCUT2D eigenvalue weighted by Crippen LogP contribution is 2.33. The van der Waals surface area contributed by atoms with Gasteiger partial charge in [0.1, 0.15) is 0 Å². The monoisotopic (exact) mass is 235 g/mol. The van der Waals surface area contributed by atoms with Gasteiger partial charge in [0.25, 0.3) is 0 Å². The molecule has 0 bridgehead atoms. The summed E-state index contributed by atoms with van der Waals surface area (Å²) in [5.74, 6) is 1.03. The maximum absolute atomic E-state index is 2.72. The van der Waals surface area contributed by atoms with Crippen LogP contribution in [0.2, 0.25) is 0 Å². The number of hydrogen-bond donors (Lipinski definition) is 0. The summed E-state index contributed by atoms with van der Waals surface area (Å²) in [6.07, 6.45) is 13.3. The van der Waals surface area contributed by atoms with E-state index in [9.17, 15) is 0 Å². The van der Waals surface area contributed by atoms with Crippen molar-refractivity contribution in [1.29, 1.82) is 0 Å². The van der Waals surface area contributed by atoms with Crippen LogP contribution in [0, 0.1) is 11.3 Å². The van der Waals surface area contributed by atoms with Crippen LogP contribution in [-0.2, 0) is 0 Å². The standard InChI is InChI=1S/C16H29N/c1-4-10-16(2,3)11-9-15-6-5-12-17(15)13-14-7-8-14/h9,11,14-15H,4-8,10,12-13H2,1-3H3/b11-9+. The molecule has 1 unspecified atom stereocenters. The predicted octanol–water partition coefficient (Wildman–Crippen LogP) is 4.24. The molecule has 1 heteroatoms. The Morgan fingerprint density at radius 3 is 2.65 bits per heavy atom. The highest BCUT2D eigenvalue weighted by atomic mass is 15.2. The average molecular weight is 235 g/mol. The normalized spacial score (nSPS) is 27.1. The summed E-state index contributed by atoms with van der Waals surface area (Å²) < 4.78 is 0. The van der Waals surface area contributed by atoms with Crippen LogP contribution in [0.25, 0.3) is 0 Å². The summed E-state index contributed by atoms with van der Waals surface area (Å²) in [6.45, 7) is 9.72. The Hall–Kier alpha value is -0.300. The van der Waals surface area contributed by atoms with Crippen molar-refractivity contribution in [3.05, 3.63) is 12.2 Å². The third-order valence-electron chi connectivity index (χ3n) is 4.27. The zero-order valence-corrected chi connectivity index (χ0v) is 11.9. The van der Waals surface area contributed by atoms with Gasteiger partial charge in [-0.3, -0.25) is 4.90 Å². The van der Waals surface area contributed by atoms with Crippen molar-refractivity contribution in [2.24, 2.45) is 11.3 Å². The summed E-state index contributed by atoms with van der Waals surface area (Å²) in [5, 5.41) is 0. The highest BCUT2D eigenvalue weighted by molar-refractivity contribution is 5.03. The van der Waals surface area contributed by atoms with Crippen molar-refractivity contribution in [3.63, 3.8) is 0 Å². The molecule has 0 aromatic rings. The lowest BCUT2D eigenvalue weighted by Gasteiger charge is -2.24. The van der Waals surface area contributed by atoms with Gasteiger partial charge in [-0.2, -0.15) is 0 Å². The van der Waals surface area contributed by atoms with Gasteiger partial charge in [0.05, 0.1) is 0 Å². The van der Waals surface area contributed by atoms with Gasteiger partial charge in [0.15, 0.2) is 0 Å². The molecule has 1 atom stereocenters. The van der Waals surface area contributed by atoms with Gasteiger partial charge in [-0.15, -0.1) is 0 Å². The zero-order chi connectivity index (χ0) is 12.3. The van der Waals surface area contributed by atoms with E-state index < -0.39 is 0 Å². The largest absolute Gasteiger partial charge is 0.297 e. The molecule has 0 spiro atoms. The van der Waals surface area contributed by atoms with Gasteiger partial charge in [-0.1, -0.05) is 39.3 Å². The maximum atomic E-state index is 2.72. The Balaban J connectivity index is 1.85. The topological polar surface area (TPSA) is 3.24 Å². The molecule has 1 aliphatic carbocycles. The number of hydrogen-bond acceptors (Lipinski definition) is 1. The molecule has 0 radical (unpaired) electrons. The Morgan fingerprint density at radius 1 is 1.24 bits per heavy atom. The third-order valence-corrected chi connectivity index (χ3v) is 4.27. The van der Waals surface area contributed by atoms with E-state index in [1.165, 1.54) is 51.6 Å². The van der Waals surface area contributed by atoms with Gasteiger partial charge < -0.3 is 0 Å². The Labute approximate surface area is 107 Å². The van der Waals surface area contributed by atoms with Crippen LogP contribution in [-0.4, -0.2) is 24.0 Å². The van der Waals surface area contributed by atoms with E-state index in [-0.39, 0.29) is 0 Å². The fraction of sp³-hybridized carbons (Fsp3) is 0.875. The molecule has 0 amide bonds. The first-order chi connectivity index (χ1) is 8.11. The highest BCUT2D eigenvalue weighted by Gasteiger charge is 2.30. The number of rotatable bonds is 6. The lowest BCUT2D eigenvalue weighted by atomic mass is 9.87. The number of allylic oxidation sites excluding steroid dienone is 1. The first-order valence-corrected chi connectivity index (χ1v) is 7.54. The molecule has 1 saturated carbocycles. The summed E-state index contributed by atoms with van der Waals surface area (Å²) >= 11 is 0. The molecule has 2 fully saturated rings. The second kappa shape index (κ2) is 5.56. The second-order valence-corrected chi connectivity index (χ2v) is 6.75. The molecular formula is C16H29N. The molecule has 1 heterocycles. The van der Waals surface area contributed by atoms with Gasteiger partial charge >= 0.3 is 0 Å². The van der Waals surface area contributed by atoms with Crippen LogP contribution in [0.1, 0.15) is 59.3 Å². The Kier molecular flexibility index (Phi) is 4.30. The summed E-state index contributed by atoms with van der Waals surface area (Å²) in [4.78, 5) is 2.72. The molecule has 1 aliphatic heterocycles. The molecule has 0 aromatic heterocycles. The van der Waals surface area contributed by atoms with Gasteiger partial charge in [0.2, 0.25) is 0 Å². The van der Waals surface area contributed by atoms with Gasteiger partial charge in [-0.25, -0.2) is 0 Å². The molecule has 17 heavy (non-hydrogen) atoms. The molecule has 0 aromatic carbocycles. The van der Waals surface area contributed by atoms with Gasteiger partial charge in [0, 0.05) is 12.6 Å². The van der Waals surface area contributed by atoms with Crippen LogP contribution in [0.15, 0.2) is 12.2 Å². The van der Waals surface area contributed by atoms with Crippen molar-refractivity contribution < 1.29 is 0 Å². The molecule has 2 aliphatic rings. The van der Waals surface area contributed by atoms with Crippen molar-refractivity contribution >= 4 is 0 Å². The molecule has 98 valence electrons. The fourth-order valence-electron chi connectivity index (χ4n) is 3.03. The minimum absolute atomic E-state index is 0.391. The molecular weight excluding hydrogens is 206 g/mol. The smallest absolute Gasteiger partial charge is 0.0278 e. The van der Waals surface area contributed by atoms with Crippen molar-refractivity contribution in [3.8, 4) is 0 Å². The molecule has 0 N–H and O–H groups in total. The fourth-order valence-corrected chi connectivity index (χ4v) is 3.03. The zero-order valence-electron chi connectivity index (χ0n) is 11.9. The SMILES string of the molecule is CCCC(C)(C)/C=C/C1CCCN1CC1CC1. The molecule has 1 nitrogen and oxygen atoms in total. The minimum atomic E-state index is 0.391.